The second kappa shape index (κ2) is 5.84. The number of fused-ring (bicyclic) bond motifs is 1. The van der Waals surface area contributed by atoms with Crippen molar-refractivity contribution in [3.8, 4) is 0 Å². The summed E-state index contributed by atoms with van der Waals surface area (Å²) in [6, 6.07) is 3.99. The van der Waals surface area contributed by atoms with E-state index < -0.39 is 0 Å². The van der Waals surface area contributed by atoms with Crippen molar-refractivity contribution >= 4 is 11.6 Å². The number of likely N-dealkylation sites (N-methyl/N-ethyl adjacent to an activating group) is 1. The molecule has 2 heterocycles. The number of hydrogen-bond acceptors (Lipinski definition) is 3. The predicted molar refractivity (Wildman–Crippen MR) is 73.0 cm³/mol. The summed E-state index contributed by atoms with van der Waals surface area (Å²) in [4.78, 5) is 18.1. The zero-order valence-corrected chi connectivity index (χ0v) is 11.3. The quantitative estimate of drug-likeness (QED) is 0.874. The Morgan fingerprint density at radius 3 is 3.00 bits per heavy atom. The van der Waals surface area contributed by atoms with Gasteiger partial charge < -0.3 is 14.4 Å². The van der Waals surface area contributed by atoms with Gasteiger partial charge in [-0.05, 0) is 31.5 Å². The van der Waals surface area contributed by atoms with E-state index in [1.165, 1.54) is 0 Å². The normalized spacial score (nSPS) is 10.9. The van der Waals surface area contributed by atoms with Gasteiger partial charge in [0.15, 0.2) is 0 Å². The van der Waals surface area contributed by atoms with E-state index in [2.05, 4.69) is 4.98 Å². The topological polar surface area (TPSA) is 57.8 Å². The Morgan fingerprint density at radius 1 is 1.53 bits per heavy atom. The van der Waals surface area contributed by atoms with Crippen LogP contribution in [0.2, 0.25) is 0 Å². The highest BCUT2D eigenvalue weighted by Gasteiger charge is 2.13. The minimum atomic E-state index is -0.00998. The predicted octanol–water partition coefficient (Wildman–Crippen LogP) is 1.03. The Hall–Kier alpha value is -1.88. The van der Waals surface area contributed by atoms with E-state index in [0.717, 1.165) is 16.9 Å². The molecule has 0 saturated carbocycles. The molecule has 0 aliphatic rings. The van der Waals surface area contributed by atoms with Crippen LogP contribution >= 0.6 is 0 Å². The van der Waals surface area contributed by atoms with E-state index in [-0.39, 0.29) is 18.9 Å². The Morgan fingerprint density at radius 2 is 2.32 bits per heavy atom. The van der Waals surface area contributed by atoms with Crippen molar-refractivity contribution in [2.45, 2.75) is 20.3 Å². The summed E-state index contributed by atoms with van der Waals surface area (Å²) < 4.78 is 1.91. The summed E-state index contributed by atoms with van der Waals surface area (Å²) in [5, 5.41) is 8.91. The Bertz CT molecular complexity index is 577. The zero-order chi connectivity index (χ0) is 13.8. The van der Waals surface area contributed by atoms with Gasteiger partial charge in [-0.25, -0.2) is 4.98 Å². The molecule has 19 heavy (non-hydrogen) atoms. The van der Waals surface area contributed by atoms with E-state index >= 15 is 0 Å². The van der Waals surface area contributed by atoms with E-state index in [0.29, 0.717) is 13.1 Å². The molecule has 0 aromatic carbocycles. The Balaban J connectivity index is 2.14. The van der Waals surface area contributed by atoms with Gasteiger partial charge in [-0.3, -0.25) is 4.79 Å². The SMILES string of the molecule is CCN(CCO)C(=O)Cc1cn2ccc(C)cc2n1. The smallest absolute Gasteiger partial charge is 0.228 e. The molecule has 0 atom stereocenters. The first-order valence-electron chi connectivity index (χ1n) is 6.47. The molecule has 0 aliphatic heterocycles. The monoisotopic (exact) mass is 261 g/mol. The van der Waals surface area contributed by atoms with Crippen LogP contribution in [0.25, 0.3) is 5.65 Å². The third kappa shape index (κ3) is 3.12. The van der Waals surface area contributed by atoms with Crippen molar-refractivity contribution in [1.82, 2.24) is 14.3 Å². The second-order valence-corrected chi connectivity index (χ2v) is 4.58. The summed E-state index contributed by atoms with van der Waals surface area (Å²) in [6.07, 6.45) is 4.09. The maximum Gasteiger partial charge on any atom is 0.228 e. The molecule has 0 spiro atoms. The zero-order valence-electron chi connectivity index (χ0n) is 11.3. The summed E-state index contributed by atoms with van der Waals surface area (Å²) in [7, 11) is 0. The molecular weight excluding hydrogens is 242 g/mol. The molecule has 0 saturated heterocycles. The third-order valence-electron chi connectivity index (χ3n) is 3.10. The summed E-state index contributed by atoms with van der Waals surface area (Å²) in [5.41, 5.74) is 2.76. The van der Waals surface area contributed by atoms with E-state index in [1.54, 1.807) is 4.90 Å². The summed E-state index contributed by atoms with van der Waals surface area (Å²) in [6.45, 7) is 4.89. The van der Waals surface area contributed by atoms with Gasteiger partial charge in [0.05, 0.1) is 18.7 Å². The fraction of sp³-hybridized carbons (Fsp3) is 0.429. The van der Waals surface area contributed by atoms with Crippen molar-refractivity contribution in [3.63, 3.8) is 0 Å². The van der Waals surface area contributed by atoms with Gasteiger partial charge in [0.2, 0.25) is 5.91 Å². The Labute approximate surface area is 112 Å². The van der Waals surface area contributed by atoms with Crippen molar-refractivity contribution in [1.29, 1.82) is 0 Å². The van der Waals surface area contributed by atoms with Gasteiger partial charge in [0, 0.05) is 25.5 Å². The molecule has 0 fully saturated rings. The molecule has 2 aromatic rings. The van der Waals surface area contributed by atoms with Crippen LogP contribution in [0.3, 0.4) is 0 Å². The molecule has 5 heteroatoms. The number of amides is 1. The molecule has 0 radical (unpaired) electrons. The number of nitrogens with zero attached hydrogens (tertiary/aromatic N) is 3. The molecule has 1 N–H and O–H groups in total. The van der Waals surface area contributed by atoms with Crippen LogP contribution in [0.4, 0.5) is 0 Å². The highest BCUT2D eigenvalue weighted by atomic mass is 16.3. The van der Waals surface area contributed by atoms with Crippen LogP contribution in [-0.4, -0.2) is 45.0 Å². The van der Waals surface area contributed by atoms with Crippen molar-refractivity contribution < 1.29 is 9.90 Å². The van der Waals surface area contributed by atoms with Crippen molar-refractivity contribution in [2.75, 3.05) is 19.7 Å². The molecule has 1 amide bonds. The minimum absolute atomic E-state index is 0.00308. The van der Waals surface area contributed by atoms with E-state index in [1.807, 2.05) is 42.8 Å². The third-order valence-corrected chi connectivity index (χ3v) is 3.10. The maximum atomic E-state index is 12.0. The van der Waals surface area contributed by atoms with Crippen LogP contribution in [0.5, 0.6) is 0 Å². The van der Waals surface area contributed by atoms with Crippen molar-refractivity contribution in [3.05, 3.63) is 35.8 Å². The lowest BCUT2D eigenvalue weighted by atomic mass is 10.3. The van der Waals surface area contributed by atoms with Gasteiger partial charge in [-0.2, -0.15) is 0 Å². The lowest BCUT2D eigenvalue weighted by Gasteiger charge is -2.18. The number of aryl methyl sites for hydroxylation is 1. The van der Waals surface area contributed by atoms with Crippen LogP contribution in [0, 0.1) is 6.92 Å². The Kier molecular flexibility index (Phi) is 4.16. The molecule has 5 nitrogen and oxygen atoms in total. The van der Waals surface area contributed by atoms with Gasteiger partial charge >= 0.3 is 0 Å². The van der Waals surface area contributed by atoms with E-state index in [4.69, 9.17) is 5.11 Å². The molecule has 0 unspecified atom stereocenters. The number of imidazole rings is 1. The van der Waals surface area contributed by atoms with Crippen LogP contribution < -0.4 is 0 Å². The number of carbonyl (C=O) groups is 1. The standard InChI is InChI=1S/C14H19N3O2/c1-3-16(6-7-18)14(19)9-12-10-17-5-4-11(2)8-13(17)15-12/h4-5,8,10,18H,3,6-7,9H2,1-2H3. The molecular formula is C14H19N3O2. The summed E-state index contributed by atoms with van der Waals surface area (Å²) >= 11 is 0. The van der Waals surface area contributed by atoms with Gasteiger partial charge in [-0.1, -0.05) is 0 Å². The molecule has 102 valence electrons. The first-order valence-corrected chi connectivity index (χ1v) is 6.47. The number of hydrogen-bond donors (Lipinski definition) is 1. The number of rotatable bonds is 5. The first kappa shape index (κ1) is 13.5. The number of aliphatic hydroxyl groups is 1. The molecule has 2 aromatic heterocycles. The second-order valence-electron chi connectivity index (χ2n) is 4.58. The number of aromatic nitrogens is 2. The van der Waals surface area contributed by atoms with Crippen LogP contribution in [0.15, 0.2) is 24.5 Å². The number of aliphatic hydroxyl groups excluding tert-OH is 1. The maximum absolute atomic E-state index is 12.0. The lowest BCUT2D eigenvalue weighted by Crippen LogP contribution is -2.34. The van der Waals surface area contributed by atoms with Crippen molar-refractivity contribution in [2.24, 2.45) is 0 Å². The lowest BCUT2D eigenvalue weighted by molar-refractivity contribution is -0.130. The van der Waals surface area contributed by atoms with Crippen LogP contribution in [0.1, 0.15) is 18.2 Å². The largest absolute Gasteiger partial charge is 0.395 e. The van der Waals surface area contributed by atoms with Crippen LogP contribution in [-0.2, 0) is 11.2 Å². The summed E-state index contributed by atoms with van der Waals surface area (Å²) in [5.74, 6) is -0.00308. The highest BCUT2D eigenvalue weighted by Crippen LogP contribution is 2.09. The molecule has 0 bridgehead atoms. The first-order chi connectivity index (χ1) is 9.13. The fourth-order valence-electron chi connectivity index (χ4n) is 2.07. The number of carbonyl (C=O) groups excluding carboxylic acids is 1. The average Bonchev–Trinajstić information content (AvgIpc) is 2.76. The van der Waals surface area contributed by atoms with Gasteiger partial charge in [-0.15, -0.1) is 0 Å². The average molecular weight is 261 g/mol. The van der Waals surface area contributed by atoms with Gasteiger partial charge in [0.1, 0.15) is 5.65 Å². The molecule has 0 aliphatic carbocycles. The highest BCUT2D eigenvalue weighted by molar-refractivity contribution is 5.78. The number of pyridine rings is 1. The minimum Gasteiger partial charge on any atom is -0.395 e. The van der Waals surface area contributed by atoms with Gasteiger partial charge in [0.25, 0.3) is 0 Å². The fourth-order valence-corrected chi connectivity index (χ4v) is 2.07. The molecule has 2 rings (SSSR count). The van der Waals surface area contributed by atoms with E-state index in [9.17, 15) is 4.79 Å².